The van der Waals surface area contributed by atoms with E-state index in [1.54, 1.807) is 13.4 Å². The van der Waals surface area contributed by atoms with Crippen LogP contribution in [-0.4, -0.2) is 25.2 Å². The van der Waals surface area contributed by atoms with E-state index < -0.39 is 0 Å². The van der Waals surface area contributed by atoms with Crippen molar-refractivity contribution in [3.05, 3.63) is 41.8 Å². The molecule has 3 aromatic rings. The molecule has 0 aliphatic carbocycles. The van der Waals surface area contributed by atoms with Gasteiger partial charge in [0.2, 0.25) is 0 Å². The van der Waals surface area contributed by atoms with Gasteiger partial charge in [0.25, 0.3) is 5.89 Å². The van der Waals surface area contributed by atoms with Crippen LogP contribution in [0.15, 0.2) is 39.4 Å². The van der Waals surface area contributed by atoms with E-state index in [2.05, 4.69) is 23.3 Å². The number of aromatic nitrogens is 1. The van der Waals surface area contributed by atoms with Crippen LogP contribution in [0.4, 0.5) is 0 Å². The number of nitrogens with zero attached hydrogens (tertiary/aromatic N) is 1. The zero-order chi connectivity index (χ0) is 14.7. The molecule has 0 unspecified atom stereocenters. The molecule has 0 aliphatic rings. The fraction of sp³-hybridized carbons (Fsp3) is 0.312. The Morgan fingerprint density at radius 3 is 3.05 bits per heavy atom. The van der Waals surface area contributed by atoms with Gasteiger partial charge >= 0.3 is 0 Å². The highest BCUT2D eigenvalue weighted by molar-refractivity contribution is 5.82. The van der Waals surface area contributed by atoms with E-state index in [0.29, 0.717) is 24.8 Å². The Morgan fingerprint density at radius 1 is 1.29 bits per heavy atom. The fourth-order valence-corrected chi connectivity index (χ4v) is 2.16. The van der Waals surface area contributed by atoms with E-state index >= 15 is 0 Å². The molecule has 1 N–H and O–H groups in total. The van der Waals surface area contributed by atoms with Crippen LogP contribution < -0.4 is 5.32 Å². The van der Waals surface area contributed by atoms with Crippen LogP contribution in [-0.2, 0) is 11.3 Å². The molecule has 5 heteroatoms. The summed E-state index contributed by atoms with van der Waals surface area (Å²) in [5.41, 5.74) is 2.89. The van der Waals surface area contributed by atoms with Crippen molar-refractivity contribution in [3.63, 3.8) is 0 Å². The molecular formula is C16H18N2O3. The van der Waals surface area contributed by atoms with Crippen molar-refractivity contribution in [1.29, 1.82) is 0 Å². The van der Waals surface area contributed by atoms with Crippen LogP contribution in [0.25, 0.3) is 22.6 Å². The van der Waals surface area contributed by atoms with E-state index in [0.717, 1.165) is 23.2 Å². The van der Waals surface area contributed by atoms with Gasteiger partial charge in [0, 0.05) is 25.6 Å². The number of hydrogen-bond donors (Lipinski definition) is 1. The average molecular weight is 286 g/mol. The van der Waals surface area contributed by atoms with Gasteiger partial charge in [-0.2, -0.15) is 0 Å². The van der Waals surface area contributed by atoms with E-state index in [1.165, 1.54) is 5.56 Å². The molecule has 0 spiro atoms. The molecule has 0 aliphatic heterocycles. The third-order valence-electron chi connectivity index (χ3n) is 3.22. The number of aryl methyl sites for hydroxylation is 1. The Hall–Kier alpha value is -2.11. The molecule has 0 saturated heterocycles. The van der Waals surface area contributed by atoms with Gasteiger partial charge in [0.1, 0.15) is 11.8 Å². The highest BCUT2D eigenvalue weighted by Gasteiger charge is 2.12. The zero-order valence-corrected chi connectivity index (χ0v) is 12.2. The molecule has 21 heavy (non-hydrogen) atoms. The highest BCUT2D eigenvalue weighted by Crippen LogP contribution is 2.27. The van der Waals surface area contributed by atoms with Crippen LogP contribution in [0.3, 0.4) is 0 Å². The Balaban J connectivity index is 1.75. The van der Waals surface area contributed by atoms with E-state index in [9.17, 15) is 0 Å². The first kappa shape index (κ1) is 13.9. The fourth-order valence-electron chi connectivity index (χ4n) is 2.16. The molecule has 2 aromatic heterocycles. The maximum Gasteiger partial charge on any atom is 0.263 e. The minimum Gasteiger partial charge on any atom is -0.451 e. The molecule has 0 saturated carbocycles. The molecule has 1 aromatic carbocycles. The standard InChI is InChI=1S/C16H18N2O3/c1-11-3-4-14-12(7-11)8-15(21-14)16-18-13(10-20-16)9-17-5-6-19-2/h3-4,7-8,10,17H,5-6,9H2,1-2H3. The SMILES string of the molecule is COCCNCc1coc(-c2cc3cc(C)ccc3o2)n1. The number of oxazole rings is 1. The van der Waals surface area contributed by atoms with Crippen LogP contribution in [0.1, 0.15) is 11.3 Å². The molecular weight excluding hydrogens is 268 g/mol. The third-order valence-corrected chi connectivity index (χ3v) is 3.22. The first-order valence-corrected chi connectivity index (χ1v) is 6.91. The number of methoxy groups -OCH3 is 1. The van der Waals surface area contributed by atoms with Gasteiger partial charge in [0.15, 0.2) is 5.76 Å². The van der Waals surface area contributed by atoms with Gasteiger partial charge in [-0.05, 0) is 25.1 Å². The predicted molar refractivity (Wildman–Crippen MR) is 80.0 cm³/mol. The smallest absolute Gasteiger partial charge is 0.263 e. The number of furan rings is 1. The Labute approximate surface area is 122 Å². The van der Waals surface area contributed by atoms with E-state index in [4.69, 9.17) is 13.6 Å². The van der Waals surface area contributed by atoms with Crippen LogP contribution in [0, 0.1) is 6.92 Å². The summed E-state index contributed by atoms with van der Waals surface area (Å²) in [5, 5.41) is 4.28. The van der Waals surface area contributed by atoms with Crippen molar-refractivity contribution in [1.82, 2.24) is 10.3 Å². The van der Waals surface area contributed by atoms with Crippen molar-refractivity contribution >= 4 is 11.0 Å². The van der Waals surface area contributed by atoms with Crippen molar-refractivity contribution in [2.75, 3.05) is 20.3 Å². The first-order chi connectivity index (χ1) is 10.3. The molecule has 0 fully saturated rings. The summed E-state index contributed by atoms with van der Waals surface area (Å²) in [7, 11) is 1.68. The van der Waals surface area contributed by atoms with Gasteiger partial charge in [-0.3, -0.25) is 0 Å². The number of benzene rings is 1. The second kappa shape index (κ2) is 6.11. The minimum absolute atomic E-state index is 0.507. The largest absolute Gasteiger partial charge is 0.451 e. The van der Waals surface area contributed by atoms with Crippen LogP contribution in [0.2, 0.25) is 0 Å². The second-order valence-electron chi connectivity index (χ2n) is 4.97. The Kier molecular flexibility index (Phi) is 4.03. The van der Waals surface area contributed by atoms with E-state index in [1.807, 2.05) is 18.2 Å². The predicted octanol–water partition coefficient (Wildman–Crippen LogP) is 3.13. The second-order valence-corrected chi connectivity index (χ2v) is 4.97. The van der Waals surface area contributed by atoms with Gasteiger partial charge in [0.05, 0.1) is 12.3 Å². The normalized spacial score (nSPS) is 11.3. The van der Waals surface area contributed by atoms with E-state index in [-0.39, 0.29) is 0 Å². The van der Waals surface area contributed by atoms with Crippen molar-refractivity contribution in [2.24, 2.45) is 0 Å². The maximum absolute atomic E-state index is 5.77. The highest BCUT2D eigenvalue weighted by atomic mass is 16.5. The first-order valence-electron chi connectivity index (χ1n) is 6.91. The van der Waals surface area contributed by atoms with Gasteiger partial charge in [-0.15, -0.1) is 0 Å². The monoisotopic (exact) mass is 286 g/mol. The summed E-state index contributed by atoms with van der Waals surface area (Å²) < 4.78 is 16.2. The molecule has 0 radical (unpaired) electrons. The van der Waals surface area contributed by atoms with Gasteiger partial charge in [-0.25, -0.2) is 4.98 Å². The molecule has 0 bridgehead atoms. The molecule has 2 heterocycles. The quantitative estimate of drug-likeness (QED) is 0.705. The number of ether oxygens (including phenoxy) is 1. The van der Waals surface area contributed by atoms with Gasteiger partial charge in [-0.1, -0.05) is 11.6 Å². The summed E-state index contributed by atoms with van der Waals surface area (Å²) in [6, 6.07) is 8.02. The topological polar surface area (TPSA) is 60.4 Å². The zero-order valence-electron chi connectivity index (χ0n) is 12.2. The summed E-state index contributed by atoms with van der Waals surface area (Å²) >= 11 is 0. The molecule has 110 valence electrons. The lowest BCUT2D eigenvalue weighted by atomic mass is 10.2. The van der Waals surface area contributed by atoms with Crippen molar-refractivity contribution < 1.29 is 13.6 Å². The van der Waals surface area contributed by atoms with Crippen molar-refractivity contribution in [3.8, 4) is 11.7 Å². The number of fused-ring (bicyclic) bond motifs is 1. The van der Waals surface area contributed by atoms with Crippen LogP contribution in [0.5, 0.6) is 0 Å². The maximum atomic E-state index is 5.77. The number of nitrogens with one attached hydrogen (secondary N) is 1. The summed E-state index contributed by atoms with van der Waals surface area (Å²) in [6.07, 6.45) is 1.65. The summed E-state index contributed by atoms with van der Waals surface area (Å²) in [5.74, 6) is 1.16. The summed E-state index contributed by atoms with van der Waals surface area (Å²) in [4.78, 5) is 4.43. The molecule has 0 amide bonds. The lowest BCUT2D eigenvalue weighted by Crippen LogP contribution is -2.18. The van der Waals surface area contributed by atoms with Crippen LogP contribution >= 0.6 is 0 Å². The van der Waals surface area contributed by atoms with Gasteiger partial charge < -0.3 is 18.9 Å². The Bertz CT molecular complexity index is 730. The average Bonchev–Trinajstić information content (AvgIpc) is 3.09. The lowest BCUT2D eigenvalue weighted by Gasteiger charge is -1.99. The molecule has 3 rings (SSSR count). The lowest BCUT2D eigenvalue weighted by molar-refractivity contribution is 0.199. The number of rotatable bonds is 6. The number of hydrogen-bond acceptors (Lipinski definition) is 5. The molecule has 5 nitrogen and oxygen atoms in total. The third kappa shape index (κ3) is 3.15. The molecule has 0 atom stereocenters. The minimum atomic E-state index is 0.507. The van der Waals surface area contributed by atoms with Crippen molar-refractivity contribution in [2.45, 2.75) is 13.5 Å². The summed E-state index contributed by atoms with van der Waals surface area (Å²) in [6.45, 7) is 4.16. The Morgan fingerprint density at radius 2 is 2.19 bits per heavy atom.